The number of hydrogen-bond acceptors (Lipinski definition) is 5. The second-order valence-electron chi connectivity index (χ2n) is 5.90. The largest absolute Gasteiger partial charge is 0.309 e. The van der Waals surface area contributed by atoms with Crippen LogP contribution < -0.4 is 5.43 Å². The summed E-state index contributed by atoms with van der Waals surface area (Å²) < 4.78 is 2.03. The number of nitrogens with one attached hydrogen (secondary N) is 1. The van der Waals surface area contributed by atoms with Crippen molar-refractivity contribution in [3.8, 4) is 6.07 Å². The van der Waals surface area contributed by atoms with Crippen LogP contribution in [-0.4, -0.2) is 20.5 Å². The third kappa shape index (κ3) is 3.24. The molecule has 3 rings (SSSR count). The molecular formula is C17H20N6. The van der Waals surface area contributed by atoms with Gasteiger partial charge in [-0.3, -0.25) is 5.43 Å². The summed E-state index contributed by atoms with van der Waals surface area (Å²) in [6, 6.07) is 8.20. The van der Waals surface area contributed by atoms with Gasteiger partial charge in [-0.05, 0) is 38.3 Å². The van der Waals surface area contributed by atoms with Crippen molar-refractivity contribution in [2.45, 2.75) is 46.1 Å². The zero-order valence-electron chi connectivity index (χ0n) is 13.5. The Morgan fingerprint density at radius 1 is 1.26 bits per heavy atom. The molecule has 0 saturated carbocycles. The molecule has 6 heteroatoms. The first-order chi connectivity index (χ1) is 11.2. The number of aromatic nitrogens is 3. The van der Waals surface area contributed by atoms with Gasteiger partial charge in [0.15, 0.2) is 5.82 Å². The third-order valence-electron chi connectivity index (χ3n) is 4.10. The van der Waals surface area contributed by atoms with Crippen molar-refractivity contribution in [1.29, 1.82) is 5.26 Å². The maximum Gasteiger partial charge on any atom is 0.205 e. The molecule has 0 atom stereocenters. The minimum Gasteiger partial charge on any atom is -0.309 e. The predicted octanol–water partition coefficient (Wildman–Crippen LogP) is 2.96. The van der Waals surface area contributed by atoms with Crippen molar-refractivity contribution < 1.29 is 0 Å². The summed E-state index contributed by atoms with van der Waals surface area (Å²) in [5, 5.41) is 22.1. The molecule has 23 heavy (non-hydrogen) atoms. The number of benzene rings is 1. The van der Waals surface area contributed by atoms with E-state index in [1.165, 1.54) is 12.0 Å². The number of nitrogens with zero attached hydrogens (tertiary/aromatic N) is 5. The fourth-order valence-electron chi connectivity index (χ4n) is 2.84. The van der Waals surface area contributed by atoms with Crippen LogP contribution in [-0.2, 0) is 13.0 Å². The summed E-state index contributed by atoms with van der Waals surface area (Å²) in [6.07, 6.45) is 4.30. The number of nitriles is 1. The molecule has 0 radical (unpaired) electrons. The van der Waals surface area contributed by atoms with Gasteiger partial charge in [0.25, 0.3) is 0 Å². The molecule has 0 spiro atoms. The van der Waals surface area contributed by atoms with Gasteiger partial charge in [0.05, 0.1) is 5.69 Å². The number of anilines is 1. The van der Waals surface area contributed by atoms with Crippen LogP contribution in [0.3, 0.4) is 0 Å². The van der Waals surface area contributed by atoms with E-state index in [4.69, 9.17) is 0 Å². The third-order valence-corrected chi connectivity index (χ3v) is 4.10. The van der Waals surface area contributed by atoms with E-state index < -0.39 is 0 Å². The lowest BCUT2D eigenvalue weighted by Crippen LogP contribution is -2.13. The zero-order chi connectivity index (χ0) is 16.2. The average Bonchev–Trinajstić information content (AvgIpc) is 2.78. The minimum absolute atomic E-state index is 0.269. The Labute approximate surface area is 135 Å². The van der Waals surface area contributed by atoms with Gasteiger partial charge in [-0.2, -0.15) is 10.4 Å². The van der Waals surface area contributed by atoms with Crippen LogP contribution in [0.1, 0.15) is 42.0 Å². The molecule has 0 amide bonds. The summed E-state index contributed by atoms with van der Waals surface area (Å²) in [7, 11) is 0. The molecule has 118 valence electrons. The monoisotopic (exact) mass is 308 g/mol. The standard InChI is InChI=1S/C17H20N6/c1-12-7-8-14(13(2)10-12)19-20-15(11-18)17-22-21-16-6-4-3-5-9-23(16)17/h7-8,10,19H,3-6,9H2,1-2H3. The Bertz CT molecular complexity index is 781. The van der Waals surface area contributed by atoms with Crippen molar-refractivity contribution in [3.63, 3.8) is 0 Å². The molecule has 0 fully saturated rings. The van der Waals surface area contributed by atoms with Crippen molar-refractivity contribution >= 4 is 11.4 Å². The maximum atomic E-state index is 9.46. The normalized spacial score (nSPS) is 14.7. The van der Waals surface area contributed by atoms with Crippen LogP contribution in [0.4, 0.5) is 5.69 Å². The molecule has 0 bridgehead atoms. The highest BCUT2D eigenvalue weighted by Crippen LogP contribution is 2.17. The van der Waals surface area contributed by atoms with Gasteiger partial charge < -0.3 is 4.57 Å². The first-order valence-electron chi connectivity index (χ1n) is 7.92. The highest BCUT2D eigenvalue weighted by molar-refractivity contribution is 6.09. The SMILES string of the molecule is Cc1ccc(NN=C(C#N)c2nnc3n2CCCCC3)c(C)c1. The molecule has 1 aromatic carbocycles. The van der Waals surface area contributed by atoms with Gasteiger partial charge in [0, 0.05) is 13.0 Å². The summed E-state index contributed by atoms with van der Waals surface area (Å²) in [5.41, 5.74) is 6.43. The number of hydrogen-bond donors (Lipinski definition) is 1. The molecule has 0 aliphatic carbocycles. The van der Waals surface area contributed by atoms with Crippen LogP contribution in [0.15, 0.2) is 23.3 Å². The van der Waals surface area contributed by atoms with Crippen LogP contribution >= 0.6 is 0 Å². The van der Waals surface area contributed by atoms with E-state index in [2.05, 4.69) is 32.9 Å². The summed E-state index contributed by atoms with van der Waals surface area (Å²) in [6.45, 7) is 4.91. The van der Waals surface area contributed by atoms with E-state index in [1.807, 2.05) is 30.5 Å². The van der Waals surface area contributed by atoms with E-state index in [9.17, 15) is 5.26 Å². The predicted molar refractivity (Wildman–Crippen MR) is 89.3 cm³/mol. The van der Waals surface area contributed by atoms with E-state index in [-0.39, 0.29) is 5.71 Å². The van der Waals surface area contributed by atoms with Gasteiger partial charge in [-0.1, -0.05) is 24.1 Å². The van der Waals surface area contributed by atoms with Crippen molar-refractivity contribution in [2.24, 2.45) is 5.10 Å². The quantitative estimate of drug-likeness (QED) is 0.698. The fourth-order valence-corrected chi connectivity index (χ4v) is 2.84. The lowest BCUT2D eigenvalue weighted by Gasteiger charge is -2.07. The molecule has 1 N–H and O–H groups in total. The molecule has 6 nitrogen and oxygen atoms in total. The first-order valence-corrected chi connectivity index (χ1v) is 7.92. The highest BCUT2D eigenvalue weighted by atomic mass is 15.3. The lowest BCUT2D eigenvalue weighted by molar-refractivity contribution is 0.628. The minimum atomic E-state index is 0.269. The Morgan fingerprint density at radius 3 is 2.91 bits per heavy atom. The van der Waals surface area contributed by atoms with Crippen LogP contribution in [0.25, 0.3) is 0 Å². The Hall–Kier alpha value is -2.68. The van der Waals surface area contributed by atoms with Gasteiger partial charge in [0.2, 0.25) is 5.71 Å². The van der Waals surface area contributed by atoms with E-state index in [0.717, 1.165) is 42.9 Å². The smallest absolute Gasteiger partial charge is 0.205 e. The summed E-state index contributed by atoms with van der Waals surface area (Å²) in [5.74, 6) is 1.51. The maximum absolute atomic E-state index is 9.46. The number of hydrazone groups is 1. The summed E-state index contributed by atoms with van der Waals surface area (Å²) >= 11 is 0. The van der Waals surface area contributed by atoms with Crippen molar-refractivity contribution in [3.05, 3.63) is 41.0 Å². The fraction of sp³-hybridized carbons (Fsp3) is 0.412. The number of fused-ring (bicyclic) bond motifs is 1. The lowest BCUT2D eigenvalue weighted by atomic mass is 10.1. The van der Waals surface area contributed by atoms with Gasteiger partial charge in [-0.15, -0.1) is 10.2 Å². The Kier molecular flexibility index (Phi) is 4.38. The van der Waals surface area contributed by atoms with Crippen molar-refractivity contribution in [2.75, 3.05) is 5.43 Å². The van der Waals surface area contributed by atoms with Crippen molar-refractivity contribution in [1.82, 2.24) is 14.8 Å². The van der Waals surface area contributed by atoms with Crippen LogP contribution in [0, 0.1) is 25.2 Å². The molecule has 2 aromatic rings. The molecular weight excluding hydrogens is 288 g/mol. The second-order valence-corrected chi connectivity index (χ2v) is 5.90. The van der Waals surface area contributed by atoms with Gasteiger partial charge in [0.1, 0.15) is 11.9 Å². The molecule has 0 saturated heterocycles. The van der Waals surface area contributed by atoms with Crippen LogP contribution in [0.5, 0.6) is 0 Å². The van der Waals surface area contributed by atoms with Crippen LogP contribution in [0.2, 0.25) is 0 Å². The average molecular weight is 308 g/mol. The Morgan fingerprint density at radius 2 is 2.13 bits per heavy atom. The van der Waals surface area contributed by atoms with E-state index in [0.29, 0.717) is 5.82 Å². The summed E-state index contributed by atoms with van der Waals surface area (Å²) in [4.78, 5) is 0. The second kappa shape index (κ2) is 6.61. The molecule has 1 aliphatic heterocycles. The molecule has 2 heterocycles. The van der Waals surface area contributed by atoms with Gasteiger partial charge >= 0.3 is 0 Å². The Balaban J connectivity index is 1.88. The highest BCUT2D eigenvalue weighted by Gasteiger charge is 2.18. The van der Waals surface area contributed by atoms with Gasteiger partial charge in [-0.25, -0.2) is 0 Å². The molecule has 0 unspecified atom stereocenters. The van der Waals surface area contributed by atoms with E-state index >= 15 is 0 Å². The topological polar surface area (TPSA) is 78.9 Å². The zero-order valence-corrected chi connectivity index (χ0v) is 13.5. The van der Waals surface area contributed by atoms with E-state index in [1.54, 1.807) is 0 Å². The molecule has 1 aliphatic rings. The molecule has 1 aromatic heterocycles. The number of rotatable bonds is 3. The first kappa shape index (κ1) is 15.2. The number of aryl methyl sites for hydroxylation is 3.